The molecule has 2 aliphatic rings. The first-order valence-corrected chi connectivity index (χ1v) is 6.13. The molecule has 2 aliphatic carbocycles. The van der Waals surface area contributed by atoms with Crippen LogP contribution in [-0.4, -0.2) is 0 Å². The van der Waals surface area contributed by atoms with Crippen LogP contribution in [0.4, 0.5) is 0 Å². The molecule has 4 unspecified atom stereocenters. The maximum atomic E-state index is 2.52. The van der Waals surface area contributed by atoms with Crippen LogP contribution in [0.1, 0.15) is 59.8 Å². The number of unbranched alkanes of at least 4 members (excludes halogenated alkanes) is 1. The molecule has 13 heavy (non-hydrogen) atoms. The van der Waals surface area contributed by atoms with Crippen molar-refractivity contribution in [3.05, 3.63) is 0 Å². The molecule has 0 aromatic heterocycles. The first kappa shape index (κ1) is 9.55. The van der Waals surface area contributed by atoms with E-state index >= 15 is 0 Å². The van der Waals surface area contributed by atoms with Gasteiger partial charge in [-0.3, -0.25) is 0 Å². The third-order valence-electron chi connectivity index (χ3n) is 5.29. The van der Waals surface area contributed by atoms with Gasteiger partial charge >= 0.3 is 0 Å². The Morgan fingerprint density at radius 2 is 2.00 bits per heavy atom. The van der Waals surface area contributed by atoms with Crippen LogP contribution in [0.15, 0.2) is 0 Å². The molecule has 4 atom stereocenters. The van der Waals surface area contributed by atoms with Crippen molar-refractivity contribution >= 4 is 0 Å². The Hall–Kier alpha value is 0. The number of hydrogen-bond acceptors (Lipinski definition) is 0. The quantitative estimate of drug-likeness (QED) is 0.593. The first-order valence-electron chi connectivity index (χ1n) is 6.13. The highest BCUT2D eigenvalue weighted by atomic mass is 14.9. The van der Waals surface area contributed by atoms with Crippen LogP contribution in [-0.2, 0) is 0 Å². The van der Waals surface area contributed by atoms with Gasteiger partial charge in [0, 0.05) is 0 Å². The summed E-state index contributed by atoms with van der Waals surface area (Å²) in [7, 11) is 0. The van der Waals surface area contributed by atoms with Gasteiger partial charge in [0.05, 0.1) is 0 Å². The van der Waals surface area contributed by atoms with Gasteiger partial charge in [0.25, 0.3) is 0 Å². The molecular formula is C13H24. The zero-order valence-electron chi connectivity index (χ0n) is 9.69. The fourth-order valence-corrected chi connectivity index (χ4v) is 4.18. The van der Waals surface area contributed by atoms with Crippen LogP contribution in [0.5, 0.6) is 0 Å². The van der Waals surface area contributed by atoms with Gasteiger partial charge in [0.2, 0.25) is 0 Å². The van der Waals surface area contributed by atoms with Gasteiger partial charge in [0.15, 0.2) is 0 Å². The lowest BCUT2D eigenvalue weighted by Gasteiger charge is -2.31. The maximum absolute atomic E-state index is 2.52. The Balaban J connectivity index is 1.92. The van der Waals surface area contributed by atoms with Crippen LogP contribution < -0.4 is 0 Å². The predicted octanol–water partition coefficient (Wildman–Crippen LogP) is 4.25. The van der Waals surface area contributed by atoms with E-state index in [0.29, 0.717) is 0 Å². The second-order valence-corrected chi connectivity index (χ2v) is 5.61. The van der Waals surface area contributed by atoms with Crippen molar-refractivity contribution in [3.8, 4) is 0 Å². The second-order valence-electron chi connectivity index (χ2n) is 5.61. The van der Waals surface area contributed by atoms with Crippen molar-refractivity contribution in [1.29, 1.82) is 0 Å². The predicted molar refractivity (Wildman–Crippen MR) is 57.6 cm³/mol. The van der Waals surface area contributed by atoms with Crippen LogP contribution >= 0.6 is 0 Å². The molecule has 0 nitrogen and oxygen atoms in total. The van der Waals surface area contributed by atoms with Gasteiger partial charge in [-0.05, 0) is 35.5 Å². The minimum atomic E-state index is 0.794. The minimum absolute atomic E-state index is 0.794. The summed E-state index contributed by atoms with van der Waals surface area (Å²) in [6.45, 7) is 9.72. The molecule has 0 aromatic carbocycles. The summed E-state index contributed by atoms with van der Waals surface area (Å²) >= 11 is 0. The van der Waals surface area contributed by atoms with Crippen LogP contribution in [0.25, 0.3) is 0 Å². The lowest BCUT2D eigenvalue weighted by Crippen LogP contribution is -2.23. The normalized spacial score (nSPS) is 48.5. The molecule has 0 saturated heterocycles. The Morgan fingerprint density at radius 3 is 2.31 bits per heavy atom. The fourth-order valence-electron chi connectivity index (χ4n) is 4.18. The van der Waals surface area contributed by atoms with E-state index < -0.39 is 0 Å². The molecule has 0 heteroatoms. The molecule has 0 radical (unpaired) electrons. The van der Waals surface area contributed by atoms with Gasteiger partial charge in [-0.25, -0.2) is 0 Å². The molecule has 0 amide bonds. The van der Waals surface area contributed by atoms with Gasteiger partial charge in [0.1, 0.15) is 0 Å². The van der Waals surface area contributed by atoms with Crippen molar-refractivity contribution < 1.29 is 0 Å². The van der Waals surface area contributed by atoms with E-state index in [0.717, 1.165) is 22.7 Å². The van der Waals surface area contributed by atoms with E-state index in [1.807, 2.05) is 0 Å². The van der Waals surface area contributed by atoms with Crippen molar-refractivity contribution in [1.82, 2.24) is 0 Å². The van der Waals surface area contributed by atoms with E-state index in [2.05, 4.69) is 27.7 Å². The van der Waals surface area contributed by atoms with Crippen molar-refractivity contribution in [3.63, 3.8) is 0 Å². The zero-order chi connectivity index (χ0) is 9.69. The Kier molecular flexibility index (Phi) is 2.02. The van der Waals surface area contributed by atoms with Crippen molar-refractivity contribution in [2.24, 2.45) is 22.7 Å². The molecule has 2 rings (SSSR count). The van der Waals surface area contributed by atoms with E-state index in [9.17, 15) is 0 Å². The fraction of sp³-hybridized carbons (Fsp3) is 1.00. The summed E-state index contributed by atoms with van der Waals surface area (Å²) in [5.74, 6) is 2.11. The van der Waals surface area contributed by atoms with Crippen LogP contribution in [0.2, 0.25) is 0 Å². The topological polar surface area (TPSA) is 0 Å². The van der Waals surface area contributed by atoms with Gasteiger partial charge in [-0.15, -0.1) is 0 Å². The Morgan fingerprint density at radius 1 is 1.38 bits per heavy atom. The highest BCUT2D eigenvalue weighted by Crippen LogP contribution is 2.91. The minimum Gasteiger partial charge on any atom is -0.0654 e. The summed E-state index contributed by atoms with van der Waals surface area (Å²) in [6.07, 6.45) is 7.24. The summed E-state index contributed by atoms with van der Waals surface area (Å²) in [5.41, 5.74) is 1.59. The van der Waals surface area contributed by atoms with Crippen LogP contribution in [0, 0.1) is 22.7 Å². The monoisotopic (exact) mass is 180 g/mol. The molecule has 0 bridgehead atoms. The molecular weight excluding hydrogens is 156 g/mol. The van der Waals surface area contributed by atoms with Crippen LogP contribution in [0.3, 0.4) is 0 Å². The molecule has 2 saturated carbocycles. The summed E-state index contributed by atoms with van der Waals surface area (Å²) in [5, 5.41) is 0. The largest absolute Gasteiger partial charge is 0.0654 e. The van der Waals surface area contributed by atoms with Gasteiger partial charge < -0.3 is 0 Å². The van der Waals surface area contributed by atoms with E-state index in [-0.39, 0.29) is 0 Å². The van der Waals surface area contributed by atoms with Crippen molar-refractivity contribution in [2.45, 2.75) is 59.8 Å². The molecule has 0 spiro atoms. The van der Waals surface area contributed by atoms with Gasteiger partial charge in [-0.1, -0.05) is 47.0 Å². The highest BCUT2D eigenvalue weighted by Gasteiger charge is 2.85. The molecule has 2 fully saturated rings. The SMILES string of the molecule is CCCCC(C)C1(CC)C2CC21C. The summed E-state index contributed by atoms with van der Waals surface area (Å²) in [4.78, 5) is 0. The summed E-state index contributed by atoms with van der Waals surface area (Å²) in [6, 6.07) is 0. The average Bonchev–Trinajstić information content (AvgIpc) is 2.90. The zero-order valence-corrected chi connectivity index (χ0v) is 9.69. The third-order valence-corrected chi connectivity index (χ3v) is 5.29. The Bertz CT molecular complexity index is 208. The average molecular weight is 180 g/mol. The van der Waals surface area contributed by atoms with E-state index in [4.69, 9.17) is 0 Å². The molecule has 0 heterocycles. The van der Waals surface area contributed by atoms with E-state index in [1.165, 1.54) is 32.1 Å². The summed E-state index contributed by atoms with van der Waals surface area (Å²) < 4.78 is 0. The third kappa shape index (κ3) is 0.980. The second kappa shape index (κ2) is 2.74. The van der Waals surface area contributed by atoms with E-state index in [1.54, 1.807) is 0 Å². The molecule has 0 N–H and O–H groups in total. The highest BCUT2D eigenvalue weighted by molar-refractivity contribution is 5.33. The lowest BCUT2D eigenvalue weighted by molar-refractivity contribution is 0.178. The number of hydrogen-bond donors (Lipinski definition) is 0. The molecule has 76 valence electrons. The van der Waals surface area contributed by atoms with Crippen molar-refractivity contribution in [2.75, 3.05) is 0 Å². The number of rotatable bonds is 5. The molecule has 0 aliphatic heterocycles. The lowest BCUT2D eigenvalue weighted by atomic mass is 9.73. The molecule has 0 aromatic rings. The Labute approximate surface area is 83.1 Å². The first-order chi connectivity index (χ1) is 6.13. The maximum Gasteiger partial charge on any atom is -0.0184 e. The smallest absolute Gasteiger partial charge is 0.0184 e. The van der Waals surface area contributed by atoms with Gasteiger partial charge in [-0.2, -0.15) is 0 Å². The number of fused-ring (bicyclic) bond motifs is 1. The standard InChI is InChI=1S/C13H24/c1-5-7-8-10(3)13(6-2)11-9-12(11,13)4/h10-11H,5-9H2,1-4H3.